The molecule has 0 amide bonds. The Morgan fingerprint density at radius 2 is 1.12 bits per heavy atom. The summed E-state index contributed by atoms with van der Waals surface area (Å²) in [7, 11) is -4.27. The quantitative estimate of drug-likeness (QED) is 0.692. The van der Waals surface area contributed by atoms with E-state index in [1.807, 2.05) is 37.3 Å². The van der Waals surface area contributed by atoms with Crippen LogP contribution >= 0.6 is 0 Å². The number of hydrogen-bond acceptors (Lipinski definition) is 2. The van der Waals surface area contributed by atoms with E-state index in [1.54, 1.807) is 13.0 Å². The van der Waals surface area contributed by atoms with Gasteiger partial charge in [0, 0.05) is 5.56 Å². The molecule has 0 aliphatic rings. The Morgan fingerprint density at radius 3 is 1.67 bits per heavy atom. The summed E-state index contributed by atoms with van der Waals surface area (Å²) in [5.74, 6) is 0. The molecule has 24 heavy (non-hydrogen) atoms. The van der Waals surface area contributed by atoms with Crippen LogP contribution in [0.3, 0.4) is 0 Å². The zero-order chi connectivity index (χ0) is 17.3. The van der Waals surface area contributed by atoms with E-state index in [0.29, 0.717) is 5.56 Å². The number of benzene rings is 3. The molecule has 0 fully saturated rings. The molecule has 0 atom stereocenters. The second-order valence-electron chi connectivity index (χ2n) is 5.92. The van der Waals surface area contributed by atoms with Gasteiger partial charge in [0.1, 0.15) is 4.90 Å². The molecule has 0 radical (unpaired) electrons. The molecule has 0 saturated heterocycles. The number of aryl methyl sites for hydroxylation is 2. The molecule has 3 rings (SSSR count). The van der Waals surface area contributed by atoms with Crippen molar-refractivity contribution in [2.45, 2.75) is 18.7 Å². The van der Waals surface area contributed by atoms with Crippen LogP contribution < -0.4 is 0 Å². The van der Waals surface area contributed by atoms with Crippen molar-refractivity contribution in [2.75, 3.05) is 0 Å². The van der Waals surface area contributed by atoms with Crippen LogP contribution in [0.4, 0.5) is 0 Å². The van der Waals surface area contributed by atoms with Gasteiger partial charge in [0.15, 0.2) is 0 Å². The zero-order valence-electron chi connectivity index (χ0n) is 13.5. The van der Waals surface area contributed by atoms with Gasteiger partial charge >= 0.3 is 0 Å². The zero-order valence-corrected chi connectivity index (χ0v) is 14.3. The molecule has 1 N–H and O–H groups in total. The van der Waals surface area contributed by atoms with E-state index >= 15 is 0 Å². The molecule has 3 aromatic carbocycles. The highest BCUT2D eigenvalue weighted by Crippen LogP contribution is 2.30. The Bertz CT molecular complexity index is 970. The summed E-state index contributed by atoms with van der Waals surface area (Å²) in [6, 6.07) is 20.9. The first-order valence-corrected chi connectivity index (χ1v) is 9.04. The summed E-state index contributed by atoms with van der Waals surface area (Å²) in [4.78, 5) is -0.0643. The Morgan fingerprint density at radius 1 is 0.667 bits per heavy atom. The summed E-state index contributed by atoms with van der Waals surface area (Å²) in [6.07, 6.45) is 0. The van der Waals surface area contributed by atoms with Crippen LogP contribution in [0.15, 0.2) is 71.6 Å². The summed E-state index contributed by atoms with van der Waals surface area (Å²) >= 11 is 0. The maximum atomic E-state index is 11.7. The lowest BCUT2D eigenvalue weighted by atomic mass is 9.99. The predicted molar refractivity (Wildman–Crippen MR) is 96.6 cm³/mol. The Balaban J connectivity index is 2.05. The van der Waals surface area contributed by atoms with E-state index in [4.69, 9.17) is 0 Å². The van der Waals surface area contributed by atoms with E-state index in [1.165, 1.54) is 11.6 Å². The third kappa shape index (κ3) is 3.40. The maximum Gasteiger partial charge on any atom is 0.295 e. The van der Waals surface area contributed by atoms with Gasteiger partial charge in [-0.2, -0.15) is 8.42 Å². The first-order valence-electron chi connectivity index (χ1n) is 7.60. The summed E-state index contributed by atoms with van der Waals surface area (Å²) in [5.41, 5.74) is 5.39. The second-order valence-corrected chi connectivity index (χ2v) is 7.31. The maximum absolute atomic E-state index is 11.7. The molecule has 0 aliphatic carbocycles. The van der Waals surface area contributed by atoms with Crippen molar-refractivity contribution in [3.05, 3.63) is 77.9 Å². The minimum absolute atomic E-state index is 0.0643. The van der Waals surface area contributed by atoms with E-state index in [-0.39, 0.29) is 4.90 Å². The topological polar surface area (TPSA) is 54.4 Å². The first kappa shape index (κ1) is 16.4. The second kappa shape index (κ2) is 6.23. The van der Waals surface area contributed by atoms with Crippen molar-refractivity contribution in [1.29, 1.82) is 0 Å². The van der Waals surface area contributed by atoms with Crippen LogP contribution in [-0.2, 0) is 10.1 Å². The van der Waals surface area contributed by atoms with Crippen molar-refractivity contribution in [1.82, 2.24) is 0 Å². The van der Waals surface area contributed by atoms with Gasteiger partial charge in [-0.05, 0) is 42.2 Å². The minimum atomic E-state index is -4.27. The standard InChI is InChI=1S/C20H18O3S/c1-14-3-6-16(7-4-14)17-8-10-18(11-9-17)19-12-5-15(2)13-20(19)24(21,22)23/h3-13H,1-2H3,(H,21,22,23). The highest BCUT2D eigenvalue weighted by Gasteiger charge is 2.16. The summed E-state index contributed by atoms with van der Waals surface area (Å²) < 4.78 is 32.8. The monoisotopic (exact) mass is 338 g/mol. The van der Waals surface area contributed by atoms with Gasteiger partial charge in [0.05, 0.1) is 0 Å². The van der Waals surface area contributed by atoms with Gasteiger partial charge in [-0.25, -0.2) is 0 Å². The predicted octanol–water partition coefficient (Wildman–Crippen LogP) is 4.88. The van der Waals surface area contributed by atoms with Gasteiger partial charge in [0.25, 0.3) is 10.1 Å². The lowest BCUT2D eigenvalue weighted by molar-refractivity contribution is 0.483. The molecule has 0 unspecified atom stereocenters. The molecular formula is C20H18O3S. The van der Waals surface area contributed by atoms with E-state index in [9.17, 15) is 13.0 Å². The lowest BCUT2D eigenvalue weighted by Crippen LogP contribution is -2.01. The number of rotatable bonds is 3. The molecular weight excluding hydrogens is 320 g/mol. The van der Waals surface area contributed by atoms with Crippen LogP contribution in [0.2, 0.25) is 0 Å². The highest BCUT2D eigenvalue weighted by molar-refractivity contribution is 7.86. The molecule has 0 spiro atoms. The molecule has 122 valence electrons. The van der Waals surface area contributed by atoms with Crippen LogP contribution in [0.25, 0.3) is 22.3 Å². The van der Waals surface area contributed by atoms with Crippen molar-refractivity contribution >= 4 is 10.1 Å². The minimum Gasteiger partial charge on any atom is -0.282 e. The fourth-order valence-electron chi connectivity index (χ4n) is 2.67. The summed E-state index contributed by atoms with van der Waals surface area (Å²) in [5, 5.41) is 0. The van der Waals surface area contributed by atoms with Gasteiger partial charge in [-0.15, -0.1) is 0 Å². The van der Waals surface area contributed by atoms with E-state index in [2.05, 4.69) is 24.3 Å². The van der Waals surface area contributed by atoms with Crippen molar-refractivity contribution < 1.29 is 13.0 Å². The van der Waals surface area contributed by atoms with Crippen molar-refractivity contribution in [2.24, 2.45) is 0 Å². The van der Waals surface area contributed by atoms with Crippen LogP contribution in [0, 0.1) is 13.8 Å². The number of hydrogen-bond donors (Lipinski definition) is 1. The van der Waals surface area contributed by atoms with Crippen molar-refractivity contribution in [3.8, 4) is 22.3 Å². The lowest BCUT2D eigenvalue weighted by Gasteiger charge is -2.10. The highest BCUT2D eigenvalue weighted by atomic mass is 32.2. The molecule has 0 saturated carbocycles. The largest absolute Gasteiger partial charge is 0.295 e. The van der Waals surface area contributed by atoms with Gasteiger partial charge in [0.2, 0.25) is 0 Å². The average molecular weight is 338 g/mol. The van der Waals surface area contributed by atoms with Crippen molar-refractivity contribution in [3.63, 3.8) is 0 Å². The van der Waals surface area contributed by atoms with E-state index < -0.39 is 10.1 Å². The first-order chi connectivity index (χ1) is 11.3. The Kier molecular flexibility index (Phi) is 4.26. The molecule has 4 heteroatoms. The SMILES string of the molecule is Cc1ccc(-c2ccc(-c3ccc(C)cc3S(=O)(=O)O)cc2)cc1. The molecule has 0 aromatic heterocycles. The van der Waals surface area contributed by atoms with Crippen LogP contribution in [-0.4, -0.2) is 13.0 Å². The average Bonchev–Trinajstić information content (AvgIpc) is 2.55. The molecule has 0 bridgehead atoms. The normalized spacial score (nSPS) is 11.5. The fourth-order valence-corrected chi connectivity index (χ4v) is 3.47. The third-order valence-corrected chi connectivity index (χ3v) is 4.89. The third-order valence-electron chi connectivity index (χ3n) is 4.00. The molecule has 3 aromatic rings. The molecule has 3 nitrogen and oxygen atoms in total. The van der Waals surface area contributed by atoms with Crippen LogP contribution in [0.1, 0.15) is 11.1 Å². The Labute approximate surface area is 142 Å². The molecule has 0 aliphatic heterocycles. The van der Waals surface area contributed by atoms with Gasteiger partial charge < -0.3 is 0 Å². The fraction of sp³-hybridized carbons (Fsp3) is 0.100. The van der Waals surface area contributed by atoms with E-state index in [0.717, 1.165) is 22.3 Å². The molecule has 0 heterocycles. The van der Waals surface area contributed by atoms with Crippen LogP contribution in [0.5, 0.6) is 0 Å². The van der Waals surface area contributed by atoms with Gasteiger partial charge in [-0.3, -0.25) is 4.55 Å². The summed E-state index contributed by atoms with van der Waals surface area (Å²) in [6.45, 7) is 3.83. The Hall–Kier alpha value is -2.43. The smallest absolute Gasteiger partial charge is 0.282 e. The van der Waals surface area contributed by atoms with Gasteiger partial charge in [-0.1, -0.05) is 66.2 Å².